The summed E-state index contributed by atoms with van der Waals surface area (Å²) in [4.78, 5) is 11.9. The highest BCUT2D eigenvalue weighted by Gasteiger charge is 2.19. The molecule has 2 aromatic carbocycles. The zero-order valence-corrected chi connectivity index (χ0v) is 13.9. The molecule has 0 bridgehead atoms. The number of aryl methyl sites for hydroxylation is 1. The number of hydrogen-bond acceptors (Lipinski definition) is 3. The molecular weight excluding hydrogens is 294 g/mol. The minimum atomic E-state index is 0.826. The number of aromatic nitrogens is 2. The standard InChI is InChI=1S/C21H21N3/c1-16-6-5-7-17(12-16)14-24-11-10-19-13-22-21(23-20(19)15-24)18-8-3-2-4-9-18/h2-9,12-13H,10-11,14-15H2,1H3. The maximum Gasteiger partial charge on any atom is 0.159 e. The van der Waals surface area contributed by atoms with Crippen LogP contribution in [0.3, 0.4) is 0 Å². The van der Waals surface area contributed by atoms with Crippen molar-refractivity contribution in [3.05, 3.63) is 83.2 Å². The van der Waals surface area contributed by atoms with Crippen molar-refractivity contribution in [1.29, 1.82) is 0 Å². The third-order valence-electron chi connectivity index (χ3n) is 4.55. The summed E-state index contributed by atoms with van der Waals surface area (Å²) in [6.07, 6.45) is 3.03. The maximum absolute atomic E-state index is 4.84. The van der Waals surface area contributed by atoms with Crippen LogP contribution in [0.2, 0.25) is 0 Å². The lowest BCUT2D eigenvalue weighted by Crippen LogP contribution is -2.31. The van der Waals surface area contributed by atoms with Gasteiger partial charge in [-0.15, -0.1) is 0 Å². The molecule has 0 aliphatic carbocycles. The van der Waals surface area contributed by atoms with Crippen LogP contribution in [0.4, 0.5) is 0 Å². The first-order chi connectivity index (χ1) is 11.8. The van der Waals surface area contributed by atoms with Crippen LogP contribution in [0.5, 0.6) is 0 Å². The van der Waals surface area contributed by atoms with Gasteiger partial charge < -0.3 is 0 Å². The summed E-state index contributed by atoms with van der Waals surface area (Å²) in [6.45, 7) is 5.08. The van der Waals surface area contributed by atoms with Gasteiger partial charge in [0.1, 0.15) is 0 Å². The van der Waals surface area contributed by atoms with E-state index in [-0.39, 0.29) is 0 Å². The van der Waals surface area contributed by atoms with E-state index in [1.807, 2.05) is 24.4 Å². The Hall–Kier alpha value is -2.52. The highest BCUT2D eigenvalue weighted by Crippen LogP contribution is 2.22. The molecule has 2 heterocycles. The Labute approximate surface area is 143 Å². The lowest BCUT2D eigenvalue weighted by atomic mass is 10.0. The molecule has 0 amide bonds. The molecule has 24 heavy (non-hydrogen) atoms. The van der Waals surface area contributed by atoms with Crippen molar-refractivity contribution in [1.82, 2.24) is 14.9 Å². The van der Waals surface area contributed by atoms with Crippen LogP contribution in [-0.2, 0) is 19.5 Å². The first-order valence-electron chi connectivity index (χ1n) is 8.46. The van der Waals surface area contributed by atoms with Gasteiger partial charge in [-0.2, -0.15) is 0 Å². The maximum atomic E-state index is 4.84. The fourth-order valence-corrected chi connectivity index (χ4v) is 3.29. The third kappa shape index (κ3) is 3.22. The molecule has 3 heteroatoms. The molecule has 0 N–H and O–H groups in total. The topological polar surface area (TPSA) is 29.0 Å². The van der Waals surface area contributed by atoms with E-state index in [0.29, 0.717) is 0 Å². The lowest BCUT2D eigenvalue weighted by Gasteiger charge is -2.28. The van der Waals surface area contributed by atoms with Gasteiger partial charge in [0.2, 0.25) is 0 Å². The van der Waals surface area contributed by atoms with Crippen LogP contribution in [-0.4, -0.2) is 21.4 Å². The first-order valence-corrected chi connectivity index (χ1v) is 8.46. The zero-order valence-electron chi connectivity index (χ0n) is 13.9. The molecule has 4 rings (SSSR count). The quantitative estimate of drug-likeness (QED) is 0.731. The summed E-state index contributed by atoms with van der Waals surface area (Å²) >= 11 is 0. The van der Waals surface area contributed by atoms with Gasteiger partial charge in [-0.25, -0.2) is 9.97 Å². The van der Waals surface area contributed by atoms with Gasteiger partial charge in [0, 0.05) is 31.4 Å². The van der Waals surface area contributed by atoms with Crippen molar-refractivity contribution >= 4 is 0 Å². The monoisotopic (exact) mass is 315 g/mol. The summed E-state index contributed by atoms with van der Waals surface area (Å²) in [5.74, 6) is 0.826. The number of nitrogens with zero attached hydrogens (tertiary/aromatic N) is 3. The van der Waals surface area contributed by atoms with Crippen LogP contribution in [0.1, 0.15) is 22.4 Å². The van der Waals surface area contributed by atoms with Crippen LogP contribution in [0.25, 0.3) is 11.4 Å². The molecule has 0 fully saturated rings. The fraction of sp³-hybridized carbons (Fsp3) is 0.238. The Morgan fingerprint density at radius 3 is 2.75 bits per heavy atom. The SMILES string of the molecule is Cc1cccc(CN2CCc3cnc(-c4ccccc4)nc3C2)c1. The van der Waals surface area contributed by atoms with Crippen molar-refractivity contribution in [3.63, 3.8) is 0 Å². The summed E-state index contributed by atoms with van der Waals surface area (Å²) in [5.41, 5.74) is 6.23. The number of benzene rings is 2. The van der Waals surface area contributed by atoms with Gasteiger partial charge >= 0.3 is 0 Å². The van der Waals surface area contributed by atoms with Crippen LogP contribution < -0.4 is 0 Å². The number of rotatable bonds is 3. The molecule has 1 aromatic heterocycles. The Morgan fingerprint density at radius 1 is 1.04 bits per heavy atom. The van der Waals surface area contributed by atoms with Gasteiger partial charge in [-0.1, -0.05) is 60.2 Å². The summed E-state index contributed by atoms with van der Waals surface area (Å²) in [7, 11) is 0. The van der Waals surface area contributed by atoms with Gasteiger partial charge in [-0.3, -0.25) is 4.90 Å². The second kappa shape index (κ2) is 6.54. The predicted molar refractivity (Wildman–Crippen MR) is 96.5 cm³/mol. The lowest BCUT2D eigenvalue weighted by molar-refractivity contribution is 0.241. The molecule has 3 aromatic rings. The minimum absolute atomic E-state index is 0.826. The summed E-state index contributed by atoms with van der Waals surface area (Å²) in [5, 5.41) is 0. The third-order valence-corrected chi connectivity index (χ3v) is 4.55. The van der Waals surface area contributed by atoms with Crippen LogP contribution in [0.15, 0.2) is 60.8 Å². The molecule has 0 saturated heterocycles. The largest absolute Gasteiger partial charge is 0.293 e. The van der Waals surface area contributed by atoms with E-state index in [1.165, 1.54) is 22.4 Å². The Kier molecular flexibility index (Phi) is 4.09. The second-order valence-corrected chi connectivity index (χ2v) is 6.48. The Balaban J connectivity index is 1.55. The smallest absolute Gasteiger partial charge is 0.159 e. The Morgan fingerprint density at radius 2 is 1.92 bits per heavy atom. The highest BCUT2D eigenvalue weighted by molar-refractivity contribution is 5.54. The molecule has 0 unspecified atom stereocenters. The van der Waals surface area contributed by atoms with E-state index < -0.39 is 0 Å². The summed E-state index contributed by atoms with van der Waals surface area (Å²) < 4.78 is 0. The van der Waals surface area contributed by atoms with E-state index in [4.69, 9.17) is 4.98 Å². The molecular formula is C21H21N3. The van der Waals surface area contributed by atoms with E-state index in [2.05, 4.69) is 53.2 Å². The molecule has 0 radical (unpaired) electrons. The predicted octanol–water partition coefficient (Wildman–Crippen LogP) is 4.01. The molecule has 3 nitrogen and oxygen atoms in total. The molecule has 1 aliphatic rings. The number of hydrogen-bond donors (Lipinski definition) is 0. The minimum Gasteiger partial charge on any atom is -0.293 e. The van der Waals surface area contributed by atoms with Crippen LogP contribution in [0, 0.1) is 6.92 Å². The van der Waals surface area contributed by atoms with E-state index in [1.54, 1.807) is 0 Å². The van der Waals surface area contributed by atoms with Crippen molar-refractivity contribution in [2.75, 3.05) is 6.54 Å². The van der Waals surface area contributed by atoms with Gasteiger partial charge in [0.15, 0.2) is 5.82 Å². The number of fused-ring (bicyclic) bond motifs is 1. The van der Waals surface area contributed by atoms with Gasteiger partial charge in [0.25, 0.3) is 0 Å². The normalized spacial score (nSPS) is 14.4. The highest BCUT2D eigenvalue weighted by atomic mass is 15.1. The van der Waals surface area contributed by atoms with E-state index in [9.17, 15) is 0 Å². The van der Waals surface area contributed by atoms with E-state index >= 15 is 0 Å². The van der Waals surface area contributed by atoms with Gasteiger partial charge in [-0.05, 0) is 24.5 Å². The van der Waals surface area contributed by atoms with E-state index in [0.717, 1.165) is 37.4 Å². The molecule has 0 spiro atoms. The fourth-order valence-electron chi connectivity index (χ4n) is 3.29. The van der Waals surface area contributed by atoms with Crippen molar-refractivity contribution in [2.24, 2.45) is 0 Å². The first kappa shape index (κ1) is 15.0. The molecule has 0 saturated carbocycles. The van der Waals surface area contributed by atoms with Crippen LogP contribution >= 0.6 is 0 Å². The van der Waals surface area contributed by atoms with Crippen molar-refractivity contribution in [3.8, 4) is 11.4 Å². The second-order valence-electron chi connectivity index (χ2n) is 6.48. The average molecular weight is 315 g/mol. The Bertz CT molecular complexity index is 843. The molecule has 1 aliphatic heterocycles. The molecule has 120 valence electrons. The zero-order chi connectivity index (χ0) is 16.4. The molecule has 0 atom stereocenters. The van der Waals surface area contributed by atoms with Gasteiger partial charge in [0.05, 0.1) is 5.69 Å². The average Bonchev–Trinajstić information content (AvgIpc) is 2.62. The summed E-state index contributed by atoms with van der Waals surface area (Å²) in [6, 6.07) is 19.0. The van der Waals surface area contributed by atoms with Crippen molar-refractivity contribution < 1.29 is 0 Å². The van der Waals surface area contributed by atoms with Crippen molar-refractivity contribution in [2.45, 2.75) is 26.4 Å².